The molecular formula is C16H24FNO. The lowest BCUT2D eigenvalue weighted by atomic mass is 9.83. The van der Waals surface area contributed by atoms with E-state index in [9.17, 15) is 4.39 Å². The molecule has 2 rings (SSSR count). The Morgan fingerprint density at radius 2 is 2.00 bits per heavy atom. The summed E-state index contributed by atoms with van der Waals surface area (Å²) in [6.07, 6.45) is 5.28. The molecule has 0 radical (unpaired) electrons. The lowest BCUT2D eigenvalue weighted by molar-refractivity contribution is 0.281. The molecule has 19 heavy (non-hydrogen) atoms. The highest BCUT2D eigenvalue weighted by Gasteiger charge is 2.17. The normalized spacial score (nSPS) is 23.3. The van der Waals surface area contributed by atoms with Gasteiger partial charge in [0.15, 0.2) is 0 Å². The molecule has 1 aromatic rings. The number of halogens is 1. The fourth-order valence-electron chi connectivity index (χ4n) is 2.74. The van der Waals surface area contributed by atoms with Crippen LogP contribution in [0.2, 0.25) is 0 Å². The van der Waals surface area contributed by atoms with E-state index in [0.717, 1.165) is 18.4 Å². The van der Waals surface area contributed by atoms with Gasteiger partial charge in [-0.25, -0.2) is 4.39 Å². The SMILES string of the molecule is COc1ccc(CNCC2CCC(C)CC2)c(F)c1. The van der Waals surface area contributed by atoms with Gasteiger partial charge in [0.2, 0.25) is 0 Å². The van der Waals surface area contributed by atoms with Crippen LogP contribution >= 0.6 is 0 Å². The third-order valence-corrected chi connectivity index (χ3v) is 4.14. The Labute approximate surface area is 115 Å². The number of rotatable bonds is 5. The lowest BCUT2D eigenvalue weighted by Gasteiger charge is -2.26. The Kier molecular flexibility index (Phi) is 5.20. The maximum atomic E-state index is 13.7. The van der Waals surface area contributed by atoms with Gasteiger partial charge >= 0.3 is 0 Å². The summed E-state index contributed by atoms with van der Waals surface area (Å²) >= 11 is 0. The minimum Gasteiger partial charge on any atom is -0.497 e. The van der Waals surface area contributed by atoms with Crippen molar-refractivity contribution in [2.45, 2.75) is 39.2 Å². The molecule has 0 aromatic heterocycles. The van der Waals surface area contributed by atoms with Crippen molar-refractivity contribution in [1.29, 1.82) is 0 Å². The van der Waals surface area contributed by atoms with Crippen LogP contribution in [0.15, 0.2) is 18.2 Å². The first kappa shape index (κ1) is 14.3. The minimum atomic E-state index is -0.191. The molecule has 0 unspecified atom stereocenters. The first-order valence-corrected chi connectivity index (χ1v) is 7.22. The predicted octanol–water partition coefficient (Wildman–Crippen LogP) is 3.75. The van der Waals surface area contributed by atoms with Crippen molar-refractivity contribution in [2.75, 3.05) is 13.7 Å². The molecule has 1 saturated carbocycles. The van der Waals surface area contributed by atoms with Crippen LogP contribution in [-0.4, -0.2) is 13.7 Å². The fourth-order valence-corrected chi connectivity index (χ4v) is 2.74. The molecule has 1 aliphatic rings. The van der Waals surface area contributed by atoms with E-state index in [1.807, 2.05) is 6.07 Å². The standard InChI is InChI=1S/C16H24FNO/c1-12-3-5-13(6-4-12)10-18-11-14-7-8-15(19-2)9-16(14)17/h7-9,12-13,18H,3-6,10-11H2,1-2H3. The molecule has 1 aromatic carbocycles. The van der Waals surface area contributed by atoms with Crippen molar-refractivity contribution in [2.24, 2.45) is 11.8 Å². The zero-order valence-corrected chi connectivity index (χ0v) is 11.9. The fraction of sp³-hybridized carbons (Fsp3) is 0.625. The Morgan fingerprint density at radius 1 is 1.26 bits per heavy atom. The molecule has 106 valence electrons. The van der Waals surface area contributed by atoms with Gasteiger partial charge in [0.25, 0.3) is 0 Å². The molecule has 0 saturated heterocycles. The van der Waals surface area contributed by atoms with Crippen molar-refractivity contribution < 1.29 is 9.13 Å². The highest BCUT2D eigenvalue weighted by molar-refractivity contribution is 5.28. The summed E-state index contributed by atoms with van der Waals surface area (Å²) in [5, 5.41) is 3.38. The zero-order chi connectivity index (χ0) is 13.7. The van der Waals surface area contributed by atoms with E-state index in [-0.39, 0.29) is 5.82 Å². The van der Waals surface area contributed by atoms with Gasteiger partial charge in [-0.15, -0.1) is 0 Å². The minimum absolute atomic E-state index is 0.191. The third-order valence-electron chi connectivity index (χ3n) is 4.14. The van der Waals surface area contributed by atoms with Crippen LogP contribution in [0.5, 0.6) is 5.75 Å². The Morgan fingerprint density at radius 3 is 2.63 bits per heavy atom. The summed E-state index contributed by atoms with van der Waals surface area (Å²) in [4.78, 5) is 0. The van der Waals surface area contributed by atoms with Gasteiger partial charge < -0.3 is 10.1 Å². The van der Waals surface area contributed by atoms with Gasteiger partial charge in [-0.1, -0.05) is 25.8 Å². The summed E-state index contributed by atoms with van der Waals surface area (Å²) < 4.78 is 18.7. The van der Waals surface area contributed by atoms with E-state index < -0.39 is 0 Å². The molecule has 1 aliphatic carbocycles. The van der Waals surface area contributed by atoms with Crippen molar-refractivity contribution in [1.82, 2.24) is 5.32 Å². The molecular weight excluding hydrogens is 241 g/mol. The number of hydrogen-bond acceptors (Lipinski definition) is 2. The van der Waals surface area contributed by atoms with Crippen LogP contribution in [-0.2, 0) is 6.54 Å². The topological polar surface area (TPSA) is 21.3 Å². The number of ether oxygens (including phenoxy) is 1. The number of hydrogen-bond donors (Lipinski definition) is 1. The number of nitrogens with one attached hydrogen (secondary N) is 1. The molecule has 0 atom stereocenters. The van der Waals surface area contributed by atoms with Gasteiger partial charge in [-0.05, 0) is 37.3 Å². The van der Waals surface area contributed by atoms with E-state index in [1.54, 1.807) is 13.2 Å². The van der Waals surface area contributed by atoms with E-state index in [4.69, 9.17) is 4.74 Å². The quantitative estimate of drug-likeness (QED) is 0.875. The van der Waals surface area contributed by atoms with Crippen LogP contribution < -0.4 is 10.1 Å². The second kappa shape index (κ2) is 6.90. The van der Waals surface area contributed by atoms with E-state index in [2.05, 4.69) is 12.2 Å². The molecule has 1 fully saturated rings. The Hall–Kier alpha value is -1.09. The average molecular weight is 265 g/mol. The monoisotopic (exact) mass is 265 g/mol. The molecule has 0 aliphatic heterocycles. The summed E-state index contributed by atoms with van der Waals surface area (Å²) in [5.74, 6) is 2.03. The van der Waals surface area contributed by atoms with Crippen LogP contribution in [0.1, 0.15) is 38.2 Å². The molecule has 0 amide bonds. The smallest absolute Gasteiger partial charge is 0.131 e. The van der Waals surface area contributed by atoms with Gasteiger partial charge in [0.1, 0.15) is 11.6 Å². The number of benzene rings is 1. The Balaban J connectivity index is 1.76. The molecule has 3 heteroatoms. The highest BCUT2D eigenvalue weighted by atomic mass is 19.1. The maximum absolute atomic E-state index is 13.7. The van der Waals surface area contributed by atoms with E-state index in [1.165, 1.54) is 31.7 Å². The van der Waals surface area contributed by atoms with Crippen LogP contribution in [0.25, 0.3) is 0 Å². The van der Waals surface area contributed by atoms with Crippen LogP contribution in [0.3, 0.4) is 0 Å². The molecule has 0 heterocycles. The predicted molar refractivity (Wildman–Crippen MR) is 75.8 cm³/mol. The van der Waals surface area contributed by atoms with Crippen LogP contribution in [0.4, 0.5) is 4.39 Å². The third kappa shape index (κ3) is 4.20. The van der Waals surface area contributed by atoms with E-state index >= 15 is 0 Å². The highest BCUT2D eigenvalue weighted by Crippen LogP contribution is 2.27. The molecule has 0 bridgehead atoms. The van der Waals surface area contributed by atoms with Gasteiger partial charge in [0, 0.05) is 18.2 Å². The largest absolute Gasteiger partial charge is 0.497 e. The summed E-state index contributed by atoms with van der Waals surface area (Å²) in [5.41, 5.74) is 0.713. The van der Waals surface area contributed by atoms with Crippen molar-refractivity contribution in [3.8, 4) is 5.75 Å². The summed E-state index contributed by atoms with van der Waals surface area (Å²) in [6, 6.07) is 5.05. The van der Waals surface area contributed by atoms with Gasteiger partial charge in [0.05, 0.1) is 7.11 Å². The van der Waals surface area contributed by atoms with Crippen molar-refractivity contribution in [3.63, 3.8) is 0 Å². The summed E-state index contributed by atoms with van der Waals surface area (Å²) in [6.45, 7) is 3.93. The van der Waals surface area contributed by atoms with Crippen LogP contribution in [0, 0.1) is 17.7 Å². The first-order valence-electron chi connectivity index (χ1n) is 7.22. The molecule has 0 spiro atoms. The molecule has 2 nitrogen and oxygen atoms in total. The second-order valence-electron chi connectivity index (χ2n) is 5.71. The maximum Gasteiger partial charge on any atom is 0.131 e. The van der Waals surface area contributed by atoms with Gasteiger partial charge in [-0.2, -0.15) is 0 Å². The lowest BCUT2D eigenvalue weighted by Crippen LogP contribution is -2.26. The average Bonchev–Trinajstić information content (AvgIpc) is 2.42. The zero-order valence-electron chi connectivity index (χ0n) is 11.9. The van der Waals surface area contributed by atoms with Crippen molar-refractivity contribution in [3.05, 3.63) is 29.6 Å². The number of methoxy groups -OCH3 is 1. The van der Waals surface area contributed by atoms with E-state index in [0.29, 0.717) is 17.9 Å². The second-order valence-corrected chi connectivity index (χ2v) is 5.71. The van der Waals surface area contributed by atoms with Crippen molar-refractivity contribution >= 4 is 0 Å². The Bertz CT molecular complexity index is 400. The summed E-state index contributed by atoms with van der Waals surface area (Å²) in [7, 11) is 1.55. The van der Waals surface area contributed by atoms with Gasteiger partial charge in [-0.3, -0.25) is 0 Å². The molecule has 1 N–H and O–H groups in total. The first-order chi connectivity index (χ1) is 9.19.